The minimum Gasteiger partial charge on any atom is -0.485 e. The zero-order valence-corrected chi connectivity index (χ0v) is 17.1. The van der Waals surface area contributed by atoms with Crippen LogP contribution in [0.5, 0.6) is 17.4 Å². The molecule has 0 saturated carbocycles. The second-order valence-corrected chi connectivity index (χ2v) is 6.43. The molecule has 6 nitrogen and oxygen atoms in total. The second kappa shape index (κ2) is 10.00. The standard InChI is InChI=1S/C21H23F3N2O4/c1-5-28-20(27)12-18(26(3)4)14(2)29-16-7-9-17(10-8-16)30-19-11-6-15(13-25-19)21(22,23)24/h6-14H,5H2,1-4H3. The maximum atomic E-state index is 12.6. The smallest absolute Gasteiger partial charge is 0.417 e. The zero-order chi connectivity index (χ0) is 22.3. The molecule has 0 radical (unpaired) electrons. The number of alkyl halides is 3. The van der Waals surface area contributed by atoms with Crippen LogP contribution in [0.25, 0.3) is 0 Å². The van der Waals surface area contributed by atoms with Gasteiger partial charge in [-0.3, -0.25) is 0 Å². The summed E-state index contributed by atoms with van der Waals surface area (Å²) >= 11 is 0. The van der Waals surface area contributed by atoms with Crippen LogP contribution in [0, 0.1) is 0 Å². The van der Waals surface area contributed by atoms with Crippen LogP contribution >= 0.6 is 0 Å². The number of hydrogen-bond acceptors (Lipinski definition) is 6. The maximum absolute atomic E-state index is 12.6. The van der Waals surface area contributed by atoms with Crippen molar-refractivity contribution in [3.05, 3.63) is 59.9 Å². The monoisotopic (exact) mass is 424 g/mol. The summed E-state index contributed by atoms with van der Waals surface area (Å²) in [5.74, 6) is 0.491. The van der Waals surface area contributed by atoms with Gasteiger partial charge in [0, 0.05) is 32.4 Å². The highest BCUT2D eigenvalue weighted by Crippen LogP contribution is 2.30. The molecule has 0 saturated heterocycles. The summed E-state index contributed by atoms with van der Waals surface area (Å²) in [6.45, 7) is 3.80. The van der Waals surface area contributed by atoms with Gasteiger partial charge in [0.1, 0.15) is 17.6 Å². The fraction of sp³-hybridized carbons (Fsp3) is 0.333. The van der Waals surface area contributed by atoms with Gasteiger partial charge >= 0.3 is 12.1 Å². The van der Waals surface area contributed by atoms with Crippen LogP contribution in [-0.4, -0.2) is 42.7 Å². The van der Waals surface area contributed by atoms with Crippen molar-refractivity contribution in [2.75, 3.05) is 20.7 Å². The number of ether oxygens (including phenoxy) is 3. The number of aromatic nitrogens is 1. The van der Waals surface area contributed by atoms with Gasteiger partial charge in [0.15, 0.2) is 0 Å². The Morgan fingerprint density at radius 3 is 2.27 bits per heavy atom. The third-order valence-electron chi connectivity index (χ3n) is 3.91. The van der Waals surface area contributed by atoms with E-state index in [1.54, 1.807) is 57.1 Å². The number of rotatable bonds is 8. The Balaban J connectivity index is 2.03. The summed E-state index contributed by atoms with van der Waals surface area (Å²) in [6, 6.07) is 8.55. The number of likely N-dealkylation sites (N-methyl/N-ethyl adjacent to an activating group) is 1. The first kappa shape index (κ1) is 23.1. The van der Waals surface area contributed by atoms with Crippen LogP contribution in [0.3, 0.4) is 0 Å². The first-order valence-electron chi connectivity index (χ1n) is 9.13. The molecular weight excluding hydrogens is 401 g/mol. The number of carbonyl (C=O) groups excluding carboxylic acids is 1. The lowest BCUT2D eigenvalue weighted by Crippen LogP contribution is -2.27. The molecule has 0 N–H and O–H groups in total. The highest BCUT2D eigenvalue weighted by atomic mass is 19.4. The second-order valence-electron chi connectivity index (χ2n) is 6.43. The van der Waals surface area contributed by atoms with E-state index in [0.717, 1.165) is 12.1 Å². The van der Waals surface area contributed by atoms with Crippen LogP contribution in [0.15, 0.2) is 54.4 Å². The Morgan fingerprint density at radius 2 is 1.77 bits per heavy atom. The van der Waals surface area contributed by atoms with Crippen molar-refractivity contribution in [1.29, 1.82) is 0 Å². The Hall–Kier alpha value is -3.23. The zero-order valence-electron chi connectivity index (χ0n) is 17.1. The van der Waals surface area contributed by atoms with Gasteiger partial charge in [-0.15, -0.1) is 0 Å². The van der Waals surface area contributed by atoms with Gasteiger partial charge < -0.3 is 19.1 Å². The van der Waals surface area contributed by atoms with E-state index in [1.807, 2.05) is 0 Å². The fourth-order valence-corrected chi connectivity index (χ4v) is 2.49. The van der Waals surface area contributed by atoms with Crippen molar-refractivity contribution in [1.82, 2.24) is 9.88 Å². The number of nitrogens with zero attached hydrogens (tertiary/aromatic N) is 2. The van der Waals surface area contributed by atoms with Crippen molar-refractivity contribution in [2.45, 2.75) is 26.1 Å². The molecule has 0 fully saturated rings. The topological polar surface area (TPSA) is 60.9 Å². The van der Waals surface area contributed by atoms with E-state index in [-0.39, 0.29) is 12.5 Å². The molecule has 1 unspecified atom stereocenters. The molecule has 0 aliphatic rings. The molecule has 0 aliphatic carbocycles. The van der Waals surface area contributed by atoms with E-state index in [9.17, 15) is 18.0 Å². The van der Waals surface area contributed by atoms with Gasteiger partial charge in [0.05, 0.1) is 17.9 Å². The summed E-state index contributed by atoms with van der Waals surface area (Å²) in [4.78, 5) is 17.2. The maximum Gasteiger partial charge on any atom is 0.417 e. The molecule has 0 bridgehead atoms. The van der Waals surface area contributed by atoms with Gasteiger partial charge in [-0.25, -0.2) is 9.78 Å². The third kappa shape index (κ3) is 6.68. The summed E-state index contributed by atoms with van der Waals surface area (Å²) < 4.78 is 54.0. The number of halogens is 3. The van der Waals surface area contributed by atoms with Crippen LogP contribution < -0.4 is 9.47 Å². The van der Waals surface area contributed by atoms with Crippen LogP contribution in [0.2, 0.25) is 0 Å². The average molecular weight is 424 g/mol. The van der Waals surface area contributed by atoms with E-state index >= 15 is 0 Å². The molecule has 0 amide bonds. The lowest BCUT2D eigenvalue weighted by molar-refractivity contribution is -0.138. The molecule has 1 aromatic heterocycles. The number of carbonyl (C=O) groups is 1. The van der Waals surface area contributed by atoms with Crippen molar-refractivity contribution in [3.63, 3.8) is 0 Å². The fourth-order valence-electron chi connectivity index (χ4n) is 2.49. The number of benzene rings is 1. The van der Waals surface area contributed by atoms with Crippen molar-refractivity contribution >= 4 is 5.97 Å². The van der Waals surface area contributed by atoms with Gasteiger partial charge in [0.2, 0.25) is 5.88 Å². The summed E-state index contributed by atoms with van der Waals surface area (Å²) in [5.41, 5.74) is -0.220. The minimum absolute atomic E-state index is 0.0392. The van der Waals surface area contributed by atoms with Crippen LogP contribution in [0.4, 0.5) is 13.2 Å². The normalized spacial score (nSPS) is 12.8. The van der Waals surface area contributed by atoms with Crippen molar-refractivity contribution in [2.24, 2.45) is 0 Å². The van der Waals surface area contributed by atoms with E-state index < -0.39 is 23.8 Å². The SMILES string of the molecule is CCOC(=O)C=C(C(C)Oc1ccc(Oc2ccc(C(F)(F)F)cn2)cc1)N(C)C. The largest absolute Gasteiger partial charge is 0.485 e. The molecule has 1 aromatic carbocycles. The molecule has 30 heavy (non-hydrogen) atoms. The van der Waals surface area contributed by atoms with Crippen LogP contribution in [0.1, 0.15) is 19.4 Å². The quantitative estimate of drug-likeness (QED) is 0.453. The number of pyridine rings is 1. The Labute approximate surface area is 172 Å². The summed E-state index contributed by atoms with van der Waals surface area (Å²) in [6.07, 6.45) is -2.79. The van der Waals surface area contributed by atoms with Gasteiger partial charge in [-0.05, 0) is 44.2 Å². The first-order valence-corrected chi connectivity index (χ1v) is 9.13. The van der Waals surface area contributed by atoms with E-state index in [1.165, 1.54) is 6.08 Å². The lowest BCUT2D eigenvalue weighted by Gasteiger charge is -2.24. The van der Waals surface area contributed by atoms with Crippen molar-refractivity contribution < 1.29 is 32.2 Å². The predicted molar refractivity (Wildman–Crippen MR) is 104 cm³/mol. The molecule has 0 spiro atoms. The average Bonchev–Trinajstić information content (AvgIpc) is 2.67. The Kier molecular flexibility index (Phi) is 7.68. The van der Waals surface area contributed by atoms with E-state index in [0.29, 0.717) is 23.4 Å². The van der Waals surface area contributed by atoms with Gasteiger partial charge in [0.25, 0.3) is 0 Å². The first-order chi connectivity index (χ1) is 14.1. The molecule has 2 rings (SSSR count). The van der Waals surface area contributed by atoms with Gasteiger partial charge in [-0.1, -0.05) is 0 Å². The Bertz CT molecular complexity index is 863. The molecule has 1 heterocycles. The minimum atomic E-state index is -4.45. The predicted octanol–water partition coefficient (Wildman–Crippen LogP) is 4.67. The number of esters is 1. The molecule has 0 aliphatic heterocycles. The molecular formula is C21H23F3N2O4. The number of hydrogen-bond donors (Lipinski definition) is 0. The molecule has 2 aromatic rings. The Morgan fingerprint density at radius 1 is 1.13 bits per heavy atom. The van der Waals surface area contributed by atoms with E-state index in [2.05, 4.69) is 4.98 Å². The lowest BCUT2D eigenvalue weighted by atomic mass is 10.2. The van der Waals surface area contributed by atoms with Gasteiger partial charge in [-0.2, -0.15) is 13.2 Å². The van der Waals surface area contributed by atoms with E-state index in [4.69, 9.17) is 14.2 Å². The molecule has 1 atom stereocenters. The third-order valence-corrected chi connectivity index (χ3v) is 3.91. The molecule has 162 valence electrons. The summed E-state index contributed by atoms with van der Waals surface area (Å²) in [7, 11) is 3.58. The molecule has 9 heteroatoms. The highest BCUT2D eigenvalue weighted by Gasteiger charge is 2.30. The van der Waals surface area contributed by atoms with Crippen LogP contribution in [-0.2, 0) is 15.7 Å². The van der Waals surface area contributed by atoms with Crippen molar-refractivity contribution in [3.8, 4) is 17.4 Å². The highest BCUT2D eigenvalue weighted by molar-refractivity contribution is 5.82. The summed E-state index contributed by atoms with van der Waals surface area (Å²) in [5, 5.41) is 0.